The van der Waals surface area contributed by atoms with E-state index < -0.39 is 11.6 Å². The van der Waals surface area contributed by atoms with Crippen molar-refractivity contribution < 1.29 is 8.78 Å². The normalized spacial score (nSPS) is 10.8. The number of rotatable bonds is 2. The summed E-state index contributed by atoms with van der Waals surface area (Å²) >= 11 is 3.40. The van der Waals surface area contributed by atoms with Gasteiger partial charge in [0.1, 0.15) is 23.8 Å². The van der Waals surface area contributed by atoms with Crippen LogP contribution in [0, 0.1) is 11.6 Å². The zero-order valence-corrected chi connectivity index (χ0v) is 11.7. The number of nitrogens with zero attached hydrogens (tertiary/aromatic N) is 2. The van der Waals surface area contributed by atoms with Crippen molar-refractivity contribution in [3.8, 4) is 0 Å². The maximum Gasteiger partial charge on any atom is 0.149 e. The lowest BCUT2D eigenvalue weighted by Crippen LogP contribution is -1.98. The third-order valence-corrected chi connectivity index (χ3v) is 3.44. The van der Waals surface area contributed by atoms with Gasteiger partial charge in [-0.2, -0.15) is 0 Å². The molecular formula is C14H8BrF2N3. The van der Waals surface area contributed by atoms with Gasteiger partial charge in [-0.05, 0) is 40.2 Å². The molecular weight excluding hydrogens is 328 g/mol. The first kappa shape index (κ1) is 12.9. The van der Waals surface area contributed by atoms with Crippen LogP contribution in [-0.4, -0.2) is 9.97 Å². The smallest absolute Gasteiger partial charge is 0.149 e. The molecule has 0 saturated carbocycles. The molecule has 0 aliphatic carbocycles. The lowest BCUT2D eigenvalue weighted by Gasteiger charge is -2.09. The molecule has 1 aromatic heterocycles. The van der Waals surface area contributed by atoms with Gasteiger partial charge in [0.25, 0.3) is 0 Å². The van der Waals surface area contributed by atoms with Gasteiger partial charge in [0.15, 0.2) is 0 Å². The Morgan fingerprint density at radius 2 is 1.90 bits per heavy atom. The zero-order valence-electron chi connectivity index (χ0n) is 10.1. The number of para-hydroxylation sites is 1. The lowest BCUT2D eigenvalue weighted by molar-refractivity contribution is 0.586. The monoisotopic (exact) mass is 335 g/mol. The maximum atomic E-state index is 13.7. The van der Waals surface area contributed by atoms with Gasteiger partial charge in [-0.3, -0.25) is 0 Å². The Kier molecular flexibility index (Phi) is 3.31. The highest BCUT2D eigenvalue weighted by Crippen LogP contribution is 2.28. The summed E-state index contributed by atoms with van der Waals surface area (Å²) in [6.45, 7) is 0. The van der Waals surface area contributed by atoms with Crippen molar-refractivity contribution in [1.82, 2.24) is 9.97 Å². The van der Waals surface area contributed by atoms with E-state index in [0.717, 1.165) is 15.9 Å². The SMILES string of the molecule is Fc1ccc(Nc2ncnc3c(Br)cccc23)c(F)c1. The van der Waals surface area contributed by atoms with E-state index in [-0.39, 0.29) is 5.69 Å². The summed E-state index contributed by atoms with van der Waals surface area (Å²) in [5.41, 5.74) is 0.874. The van der Waals surface area contributed by atoms with Crippen molar-refractivity contribution in [3.63, 3.8) is 0 Å². The van der Waals surface area contributed by atoms with E-state index in [4.69, 9.17) is 0 Å². The van der Waals surface area contributed by atoms with Crippen LogP contribution in [0.25, 0.3) is 10.9 Å². The van der Waals surface area contributed by atoms with Gasteiger partial charge in [-0.25, -0.2) is 18.7 Å². The van der Waals surface area contributed by atoms with Gasteiger partial charge in [0, 0.05) is 15.9 Å². The highest BCUT2D eigenvalue weighted by atomic mass is 79.9. The van der Waals surface area contributed by atoms with Gasteiger partial charge in [-0.15, -0.1) is 0 Å². The number of hydrogen-bond acceptors (Lipinski definition) is 3. The highest BCUT2D eigenvalue weighted by molar-refractivity contribution is 9.10. The summed E-state index contributed by atoms with van der Waals surface area (Å²) < 4.78 is 27.4. The summed E-state index contributed by atoms with van der Waals surface area (Å²) in [5, 5.41) is 3.60. The summed E-state index contributed by atoms with van der Waals surface area (Å²) in [4.78, 5) is 8.27. The van der Waals surface area contributed by atoms with Crippen LogP contribution in [0.3, 0.4) is 0 Å². The van der Waals surface area contributed by atoms with E-state index >= 15 is 0 Å². The molecule has 0 saturated heterocycles. The largest absolute Gasteiger partial charge is 0.337 e. The van der Waals surface area contributed by atoms with Gasteiger partial charge >= 0.3 is 0 Å². The first-order valence-electron chi connectivity index (χ1n) is 5.76. The molecule has 3 rings (SSSR count). The molecule has 0 fully saturated rings. The second kappa shape index (κ2) is 5.13. The molecule has 3 nitrogen and oxygen atoms in total. The Morgan fingerprint density at radius 3 is 2.70 bits per heavy atom. The third kappa shape index (κ3) is 2.34. The van der Waals surface area contributed by atoms with Gasteiger partial charge in [-0.1, -0.05) is 6.07 Å². The Morgan fingerprint density at radius 1 is 1.05 bits per heavy atom. The predicted molar refractivity (Wildman–Crippen MR) is 76.9 cm³/mol. The van der Waals surface area contributed by atoms with E-state index in [1.165, 1.54) is 18.5 Å². The zero-order chi connectivity index (χ0) is 14.1. The van der Waals surface area contributed by atoms with Crippen LogP contribution in [0.5, 0.6) is 0 Å². The first-order valence-corrected chi connectivity index (χ1v) is 6.56. The number of hydrogen-bond donors (Lipinski definition) is 1. The van der Waals surface area contributed by atoms with Crippen LogP contribution < -0.4 is 5.32 Å². The molecule has 2 aromatic carbocycles. The van der Waals surface area contributed by atoms with Crippen molar-refractivity contribution in [2.75, 3.05) is 5.32 Å². The summed E-state index contributed by atoms with van der Waals surface area (Å²) in [6, 6.07) is 8.85. The summed E-state index contributed by atoms with van der Waals surface area (Å²) in [6.07, 6.45) is 1.39. The number of halogens is 3. The van der Waals surface area contributed by atoms with Crippen molar-refractivity contribution in [1.29, 1.82) is 0 Å². The van der Waals surface area contributed by atoms with E-state index in [1.54, 1.807) is 0 Å². The van der Waals surface area contributed by atoms with E-state index in [2.05, 4.69) is 31.2 Å². The molecule has 20 heavy (non-hydrogen) atoms. The maximum absolute atomic E-state index is 13.7. The Hall–Kier alpha value is -2.08. The molecule has 0 amide bonds. The molecule has 100 valence electrons. The fourth-order valence-corrected chi connectivity index (χ4v) is 2.34. The predicted octanol–water partition coefficient (Wildman–Crippen LogP) is 4.41. The van der Waals surface area contributed by atoms with Crippen LogP contribution in [0.4, 0.5) is 20.3 Å². The third-order valence-electron chi connectivity index (χ3n) is 2.80. The molecule has 0 bridgehead atoms. The fraction of sp³-hybridized carbons (Fsp3) is 0. The van der Waals surface area contributed by atoms with Crippen LogP contribution in [0.1, 0.15) is 0 Å². The number of aromatic nitrogens is 2. The molecule has 1 N–H and O–H groups in total. The standard InChI is InChI=1S/C14H8BrF2N3/c15-10-3-1-2-9-13(10)18-7-19-14(9)20-12-5-4-8(16)6-11(12)17/h1-7H,(H,18,19,20). The molecule has 0 atom stereocenters. The number of anilines is 2. The Balaban J connectivity index is 2.09. The van der Waals surface area contributed by atoms with Crippen molar-refractivity contribution >= 4 is 38.3 Å². The molecule has 0 aliphatic rings. The van der Waals surface area contributed by atoms with Crippen LogP contribution in [0.15, 0.2) is 47.2 Å². The summed E-state index contributed by atoms with van der Waals surface area (Å²) in [5.74, 6) is -0.836. The molecule has 1 heterocycles. The summed E-state index contributed by atoms with van der Waals surface area (Å²) in [7, 11) is 0. The van der Waals surface area contributed by atoms with Crippen LogP contribution in [-0.2, 0) is 0 Å². The fourth-order valence-electron chi connectivity index (χ4n) is 1.87. The van der Waals surface area contributed by atoms with Crippen LogP contribution in [0.2, 0.25) is 0 Å². The molecule has 0 unspecified atom stereocenters. The molecule has 0 aliphatic heterocycles. The molecule has 0 spiro atoms. The van der Waals surface area contributed by atoms with Gasteiger partial charge in [0.05, 0.1) is 11.2 Å². The van der Waals surface area contributed by atoms with Crippen LogP contribution >= 0.6 is 15.9 Å². The number of fused-ring (bicyclic) bond motifs is 1. The minimum absolute atomic E-state index is 0.159. The Bertz CT molecular complexity index is 792. The van der Waals surface area contributed by atoms with Crippen molar-refractivity contribution in [2.24, 2.45) is 0 Å². The van der Waals surface area contributed by atoms with E-state index in [9.17, 15) is 8.78 Å². The molecule has 6 heteroatoms. The highest BCUT2D eigenvalue weighted by Gasteiger charge is 2.09. The second-order valence-electron chi connectivity index (χ2n) is 4.11. The number of benzene rings is 2. The molecule has 0 radical (unpaired) electrons. The quantitative estimate of drug-likeness (QED) is 0.753. The average Bonchev–Trinajstić information content (AvgIpc) is 2.43. The van der Waals surface area contributed by atoms with E-state index in [0.29, 0.717) is 11.3 Å². The Labute approximate surface area is 121 Å². The van der Waals surface area contributed by atoms with Crippen molar-refractivity contribution in [2.45, 2.75) is 0 Å². The number of nitrogens with one attached hydrogen (secondary N) is 1. The second-order valence-corrected chi connectivity index (χ2v) is 4.96. The minimum Gasteiger partial charge on any atom is -0.337 e. The van der Waals surface area contributed by atoms with Gasteiger partial charge in [0.2, 0.25) is 0 Å². The van der Waals surface area contributed by atoms with Crippen molar-refractivity contribution in [3.05, 3.63) is 58.8 Å². The minimum atomic E-state index is -0.674. The lowest BCUT2D eigenvalue weighted by atomic mass is 10.2. The first-order chi connectivity index (χ1) is 9.65. The van der Waals surface area contributed by atoms with E-state index in [1.807, 2.05) is 18.2 Å². The average molecular weight is 336 g/mol. The molecule has 3 aromatic rings. The topological polar surface area (TPSA) is 37.8 Å². The van der Waals surface area contributed by atoms with Gasteiger partial charge < -0.3 is 5.32 Å².